The number of nitrogens with one attached hydrogen (secondary N) is 3. The van der Waals surface area contributed by atoms with Crippen LogP contribution in [0.3, 0.4) is 0 Å². The van der Waals surface area contributed by atoms with Crippen LogP contribution in [0.15, 0.2) is 84.0 Å². The maximum absolute atomic E-state index is 13.9. The Bertz CT molecular complexity index is 2430. The molecule has 1 aliphatic carbocycles. The molecule has 2 aromatic heterocycles. The van der Waals surface area contributed by atoms with Crippen LogP contribution in [0, 0.1) is 16.0 Å². The minimum absolute atomic E-state index is 0.0296. The average molecular weight is 827 g/mol. The number of piperazine rings is 1. The van der Waals surface area contributed by atoms with E-state index in [-0.39, 0.29) is 17.0 Å². The van der Waals surface area contributed by atoms with Crippen molar-refractivity contribution < 1.29 is 22.9 Å². The Kier molecular flexibility index (Phi) is 11.6. The zero-order valence-electron chi connectivity index (χ0n) is 32.3. The number of hydrogen-bond acceptors (Lipinski definition) is 11. The van der Waals surface area contributed by atoms with E-state index in [9.17, 15) is 23.3 Å². The second-order valence-electron chi connectivity index (χ2n) is 15.5. The SMILES string of the molecule is CN1CCC(CNc2ccc(S(=O)(=O)NC(=O)c3ccc(N4CCN(C5CCCCc6c(Cl)cccc65)CC4)cc3Oc3cnc4[nH]ccc4c3)cc2[N+](=O)[O-])CC1. The van der Waals surface area contributed by atoms with Crippen LogP contribution >= 0.6 is 11.6 Å². The number of carbonyl (C=O) groups excluding carboxylic acids is 1. The Hall–Kier alpha value is -5.22. The Balaban J connectivity index is 1.02. The van der Waals surface area contributed by atoms with Gasteiger partial charge in [-0.25, -0.2) is 18.1 Å². The van der Waals surface area contributed by atoms with Crippen molar-refractivity contribution in [1.82, 2.24) is 24.5 Å². The van der Waals surface area contributed by atoms with Gasteiger partial charge in [-0.1, -0.05) is 30.2 Å². The molecule has 14 nitrogen and oxygen atoms in total. The van der Waals surface area contributed by atoms with E-state index in [0.29, 0.717) is 29.9 Å². The van der Waals surface area contributed by atoms with Crippen molar-refractivity contribution in [3.63, 3.8) is 0 Å². The number of likely N-dealkylation sites (tertiary alicyclic amines) is 1. The summed E-state index contributed by atoms with van der Waals surface area (Å²) >= 11 is 6.65. The van der Waals surface area contributed by atoms with Crippen LogP contribution in [-0.4, -0.2) is 91.9 Å². The molecule has 2 saturated heterocycles. The van der Waals surface area contributed by atoms with Gasteiger partial charge in [0.25, 0.3) is 21.6 Å². The number of H-pyrrole nitrogens is 1. The molecule has 0 saturated carbocycles. The highest BCUT2D eigenvalue weighted by Crippen LogP contribution is 2.38. The lowest BCUT2D eigenvalue weighted by Crippen LogP contribution is -2.47. The molecule has 0 spiro atoms. The smallest absolute Gasteiger partial charge is 0.293 e. The number of carbonyl (C=O) groups is 1. The van der Waals surface area contributed by atoms with E-state index in [1.165, 1.54) is 29.5 Å². The summed E-state index contributed by atoms with van der Waals surface area (Å²) in [4.78, 5) is 39.4. The molecule has 5 aromatic rings. The molecular weight excluding hydrogens is 780 g/mol. The third kappa shape index (κ3) is 8.63. The van der Waals surface area contributed by atoms with Gasteiger partial charge in [0.2, 0.25) is 0 Å². The van der Waals surface area contributed by atoms with Crippen molar-refractivity contribution in [1.29, 1.82) is 0 Å². The van der Waals surface area contributed by atoms with Gasteiger partial charge in [0.1, 0.15) is 22.8 Å². The number of sulfonamides is 1. The lowest BCUT2D eigenvalue weighted by atomic mass is 9.97. The minimum Gasteiger partial charge on any atom is -0.455 e. The number of aromatic nitrogens is 2. The Morgan fingerprint density at radius 3 is 2.60 bits per heavy atom. The first-order chi connectivity index (χ1) is 28.0. The van der Waals surface area contributed by atoms with Crippen LogP contribution in [0.2, 0.25) is 5.02 Å². The van der Waals surface area contributed by atoms with E-state index in [4.69, 9.17) is 16.3 Å². The number of nitrogens with zero attached hydrogens (tertiary/aromatic N) is 5. The summed E-state index contributed by atoms with van der Waals surface area (Å²) in [5, 5.41) is 16.9. The molecule has 304 valence electrons. The number of pyridine rings is 1. The first kappa shape index (κ1) is 39.6. The molecule has 58 heavy (non-hydrogen) atoms. The molecule has 1 atom stereocenters. The predicted octanol–water partition coefficient (Wildman–Crippen LogP) is 7.38. The van der Waals surface area contributed by atoms with E-state index in [0.717, 1.165) is 100.0 Å². The third-order valence-electron chi connectivity index (χ3n) is 11.7. The third-order valence-corrected chi connectivity index (χ3v) is 13.4. The number of halogens is 1. The van der Waals surface area contributed by atoms with Crippen LogP contribution in [0.5, 0.6) is 11.5 Å². The van der Waals surface area contributed by atoms with Crippen LogP contribution in [0.1, 0.15) is 59.6 Å². The van der Waals surface area contributed by atoms with Crippen LogP contribution in [0.4, 0.5) is 17.1 Å². The number of piperidine rings is 1. The number of hydrogen-bond donors (Lipinski definition) is 3. The Labute approximate surface area is 342 Å². The van der Waals surface area contributed by atoms with Gasteiger partial charge < -0.3 is 24.8 Å². The number of nitro benzene ring substituents is 1. The maximum Gasteiger partial charge on any atom is 0.293 e. The summed E-state index contributed by atoms with van der Waals surface area (Å²) in [5.41, 5.74) is 3.85. The van der Waals surface area contributed by atoms with Crippen molar-refractivity contribution >= 4 is 55.6 Å². The molecule has 2 fully saturated rings. The summed E-state index contributed by atoms with van der Waals surface area (Å²) < 4.78 is 35.8. The molecule has 16 heteroatoms. The van der Waals surface area contributed by atoms with Gasteiger partial charge in [0.05, 0.1) is 21.6 Å². The van der Waals surface area contributed by atoms with Crippen molar-refractivity contribution in [2.45, 2.75) is 49.5 Å². The van der Waals surface area contributed by atoms with Gasteiger partial charge >= 0.3 is 0 Å². The quantitative estimate of drug-likeness (QED) is 0.0691. The van der Waals surface area contributed by atoms with E-state index >= 15 is 0 Å². The Morgan fingerprint density at radius 1 is 1.00 bits per heavy atom. The number of nitro groups is 1. The first-order valence-corrected chi connectivity index (χ1v) is 21.7. The first-order valence-electron chi connectivity index (χ1n) is 19.8. The highest BCUT2D eigenvalue weighted by molar-refractivity contribution is 7.90. The van der Waals surface area contributed by atoms with Crippen LogP contribution in [0.25, 0.3) is 11.0 Å². The van der Waals surface area contributed by atoms with Gasteiger partial charge in [-0.3, -0.25) is 19.8 Å². The van der Waals surface area contributed by atoms with Gasteiger partial charge in [-0.2, -0.15) is 0 Å². The van der Waals surface area contributed by atoms with E-state index in [2.05, 4.69) is 47.8 Å². The number of fused-ring (bicyclic) bond motifs is 2. The number of rotatable bonds is 11. The van der Waals surface area contributed by atoms with Crippen molar-refractivity contribution in [3.8, 4) is 11.5 Å². The van der Waals surface area contributed by atoms with Crippen molar-refractivity contribution in [3.05, 3.63) is 111 Å². The second kappa shape index (κ2) is 16.9. The minimum atomic E-state index is -4.54. The van der Waals surface area contributed by atoms with Crippen LogP contribution < -0.4 is 19.7 Å². The molecule has 3 aromatic carbocycles. The maximum atomic E-state index is 13.9. The normalized spacial score (nSPS) is 18.4. The summed E-state index contributed by atoms with van der Waals surface area (Å²) in [6.07, 6.45) is 9.53. The molecule has 3 N–H and O–H groups in total. The van der Waals surface area contributed by atoms with E-state index in [1.54, 1.807) is 30.5 Å². The number of anilines is 2. The molecular formula is C42H47ClN8O6S. The standard InChI is InChI=1S/C42H47ClN8O6S/c1-48-17-14-28(15-18-48)26-45-37-12-10-32(25-39(37)51(53)54)58(55,56)47-42(52)35-11-9-30(24-40(35)57-31-23-29-13-16-44-41(29)46-27-31)49-19-21-50(22-20-49)38-8-3-2-5-33-34(38)6-4-7-36(33)43/h4,6-7,9-13,16,23-25,27-28,38,45H,2-3,5,8,14-15,17-22,26H2,1H3,(H,44,46)(H,47,52). The van der Waals surface area contributed by atoms with E-state index < -0.39 is 31.4 Å². The fraction of sp³-hybridized carbons (Fsp3) is 0.381. The molecule has 0 bridgehead atoms. The zero-order chi connectivity index (χ0) is 40.4. The number of amides is 1. The highest BCUT2D eigenvalue weighted by atomic mass is 35.5. The molecule has 8 rings (SSSR count). The van der Waals surface area contributed by atoms with E-state index in [1.807, 2.05) is 18.2 Å². The number of ether oxygens (including phenoxy) is 1. The lowest BCUT2D eigenvalue weighted by molar-refractivity contribution is -0.384. The predicted molar refractivity (Wildman–Crippen MR) is 225 cm³/mol. The molecule has 4 heterocycles. The monoisotopic (exact) mass is 826 g/mol. The molecule has 1 amide bonds. The van der Waals surface area contributed by atoms with Crippen LogP contribution in [-0.2, 0) is 16.4 Å². The summed E-state index contributed by atoms with van der Waals surface area (Å²) in [6, 6.07) is 18.8. The zero-order valence-corrected chi connectivity index (χ0v) is 33.9. The summed E-state index contributed by atoms with van der Waals surface area (Å²) in [6.45, 7) is 5.52. The van der Waals surface area contributed by atoms with Crippen molar-refractivity contribution in [2.24, 2.45) is 5.92 Å². The summed E-state index contributed by atoms with van der Waals surface area (Å²) in [7, 11) is -2.48. The molecule has 0 radical (unpaired) electrons. The van der Waals surface area contributed by atoms with Crippen molar-refractivity contribution in [2.75, 3.05) is 63.1 Å². The van der Waals surface area contributed by atoms with Gasteiger partial charge in [-0.15, -0.1) is 0 Å². The fourth-order valence-electron chi connectivity index (χ4n) is 8.44. The fourth-order valence-corrected chi connectivity index (χ4v) is 9.70. The highest BCUT2D eigenvalue weighted by Gasteiger charge is 2.30. The number of aromatic amines is 1. The second-order valence-corrected chi connectivity index (χ2v) is 17.5. The van der Waals surface area contributed by atoms with Gasteiger partial charge in [-0.05, 0) is 112 Å². The largest absolute Gasteiger partial charge is 0.455 e. The number of benzene rings is 3. The molecule has 2 aliphatic heterocycles. The van der Waals surface area contributed by atoms with Gasteiger partial charge in [0, 0.05) is 73.2 Å². The molecule has 3 aliphatic rings. The molecule has 1 unspecified atom stereocenters. The lowest BCUT2D eigenvalue weighted by Gasteiger charge is -2.40. The topological polar surface area (TPSA) is 166 Å². The summed E-state index contributed by atoms with van der Waals surface area (Å²) in [5.74, 6) is -0.109. The average Bonchev–Trinajstić information content (AvgIpc) is 3.58. The Morgan fingerprint density at radius 2 is 1.81 bits per heavy atom. The van der Waals surface area contributed by atoms with Gasteiger partial charge in [0.15, 0.2) is 0 Å².